The zero-order valence-electron chi connectivity index (χ0n) is 13.7. The molecule has 2 aromatic heterocycles. The van der Waals surface area contributed by atoms with Gasteiger partial charge in [-0.05, 0) is 26.8 Å². The lowest BCUT2D eigenvalue weighted by Crippen LogP contribution is -2.46. The Kier molecular flexibility index (Phi) is 4.53. The van der Waals surface area contributed by atoms with E-state index in [0.717, 1.165) is 44.2 Å². The third-order valence-corrected chi connectivity index (χ3v) is 3.83. The van der Waals surface area contributed by atoms with Crippen molar-refractivity contribution in [2.24, 2.45) is 0 Å². The van der Waals surface area contributed by atoms with Crippen molar-refractivity contribution in [3.63, 3.8) is 0 Å². The maximum atomic E-state index is 12.3. The molecule has 8 heteroatoms. The Morgan fingerprint density at radius 3 is 2.83 bits per heavy atom. The molecule has 1 unspecified atom stereocenters. The molecule has 2 aromatic rings. The second-order valence-corrected chi connectivity index (χ2v) is 5.97. The quantitative estimate of drug-likeness (QED) is 0.866. The van der Waals surface area contributed by atoms with Crippen LogP contribution in [0.15, 0.2) is 6.07 Å². The second kappa shape index (κ2) is 6.59. The molecule has 1 atom stereocenters. The Hall–Kier alpha value is -2.06. The lowest BCUT2D eigenvalue weighted by atomic mass is 10.3. The molecule has 1 amide bonds. The molecule has 1 fully saturated rings. The van der Waals surface area contributed by atoms with Crippen molar-refractivity contribution in [2.75, 3.05) is 32.8 Å². The number of carbonyl (C=O) groups is 1. The van der Waals surface area contributed by atoms with Gasteiger partial charge in [-0.15, -0.1) is 5.10 Å². The zero-order valence-corrected chi connectivity index (χ0v) is 13.7. The summed E-state index contributed by atoms with van der Waals surface area (Å²) in [7, 11) is 0. The molecule has 3 heterocycles. The summed E-state index contributed by atoms with van der Waals surface area (Å²) in [6.07, 6.45) is 0. The van der Waals surface area contributed by atoms with Gasteiger partial charge in [-0.1, -0.05) is 0 Å². The first-order valence-corrected chi connectivity index (χ1v) is 7.85. The van der Waals surface area contributed by atoms with E-state index in [2.05, 4.69) is 25.3 Å². The summed E-state index contributed by atoms with van der Waals surface area (Å²) >= 11 is 0. The number of aromatic nitrogens is 4. The summed E-state index contributed by atoms with van der Waals surface area (Å²) in [6, 6.07) is 1.92. The van der Waals surface area contributed by atoms with Crippen LogP contribution in [0.3, 0.4) is 0 Å². The molecule has 8 nitrogen and oxygen atoms in total. The average Bonchev–Trinajstić information content (AvgIpc) is 2.92. The topological polar surface area (TPSA) is 84.7 Å². The molecule has 0 bridgehead atoms. The van der Waals surface area contributed by atoms with E-state index in [4.69, 9.17) is 4.74 Å². The van der Waals surface area contributed by atoms with Gasteiger partial charge >= 0.3 is 0 Å². The second-order valence-electron chi connectivity index (χ2n) is 5.97. The van der Waals surface area contributed by atoms with Gasteiger partial charge in [-0.25, -0.2) is 9.50 Å². The number of nitrogens with one attached hydrogen (secondary N) is 1. The van der Waals surface area contributed by atoms with E-state index in [1.807, 2.05) is 26.8 Å². The van der Waals surface area contributed by atoms with E-state index < -0.39 is 0 Å². The molecule has 1 aliphatic heterocycles. The summed E-state index contributed by atoms with van der Waals surface area (Å²) in [5.41, 5.74) is 1.76. The Bertz CT molecular complexity index is 707. The zero-order chi connectivity index (χ0) is 16.4. The molecule has 1 saturated heterocycles. The van der Waals surface area contributed by atoms with Gasteiger partial charge in [0.1, 0.15) is 0 Å². The number of aryl methyl sites for hydroxylation is 2. The van der Waals surface area contributed by atoms with Gasteiger partial charge in [0.2, 0.25) is 5.82 Å². The molecule has 124 valence electrons. The highest BCUT2D eigenvalue weighted by molar-refractivity contribution is 5.91. The fraction of sp³-hybridized carbons (Fsp3) is 0.600. The predicted molar refractivity (Wildman–Crippen MR) is 84.4 cm³/mol. The molecule has 0 radical (unpaired) electrons. The van der Waals surface area contributed by atoms with Crippen LogP contribution < -0.4 is 5.32 Å². The van der Waals surface area contributed by atoms with E-state index in [0.29, 0.717) is 5.78 Å². The first-order chi connectivity index (χ1) is 11.0. The maximum Gasteiger partial charge on any atom is 0.291 e. The summed E-state index contributed by atoms with van der Waals surface area (Å²) in [5, 5.41) is 7.20. The van der Waals surface area contributed by atoms with E-state index in [-0.39, 0.29) is 17.8 Å². The maximum absolute atomic E-state index is 12.3. The number of ether oxygens (including phenoxy) is 1. The van der Waals surface area contributed by atoms with Crippen LogP contribution >= 0.6 is 0 Å². The number of nitrogens with zero attached hydrogens (tertiary/aromatic N) is 5. The minimum Gasteiger partial charge on any atom is -0.379 e. The Labute approximate surface area is 134 Å². The van der Waals surface area contributed by atoms with Crippen LogP contribution in [0.25, 0.3) is 5.78 Å². The number of amides is 1. The largest absolute Gasteiger partial charge is 0.379 e. The molecule has 3 rings (SSSR count). The van der Waals surface area contributed by atoms with Gasteiger partial charge in [0, 0.05) is 37.1 Å². The van der Waals surface area contributed by atoms with E-state index >= 15 is 0 Å². The van der Waals surface area contributed by atoms with Gasteiger partial charge in [0.05, 0.1) is 13.2 Å². The fourth-order valence-electron chi connectivity index (χ4n) is 2.77. The molecule has 1 N–H and O–H groups in total. The van der Waals surface area contributed by atoms with Crippen molar-refractivity contribution >= 4 is 11.7 Å². The SMILES string of the molecule is Cc1cc(C)n2nc(C(=O)NC(C)CN3CCOCC3)nc2n1. The summed E-state index contributed by atoms with van der Waals surface area (Å²) < 4.78 is 6.92. The van der Waals surface area contributed by atoms with Gasteiger partial charge in [-0.3, -0.25) is 9.69 Å². The summed E-state index contributed by atoms with van der Waals surface area (Å²) in [5.74, 6) is 0.335. The molecule has 0 saturated carbocycles. The van der Waals surface area contributed by atoms with E-state index in [1.165, 1.54) is 0 Å². The first-order valence-electron chi connectivity index (χ1n) is 7.85. The van der Waals surface area contributed by atoms with Crippen molar-refractivity contribution in [2.45, 2.75) is 26.8 Å². The third kappa shape index (κ3) is 3.65. The van der Waals surface area contributed by atoms with E-state index in [1.54, 1.807) is 4.52 Å². The average molecular weight is 318 g/mol. The summed E-state index contributed by atoms with van der Waals surface area (Å²) in [6.45, 7) is 9.88. The van der Waals surface area contributed by atoms with Gasteiger partial charge in [0.25, 0.3) is 11.7 Å². The van der Waals surface area contributed by atoms with Crippen molar-refractivity contribution in [1.82, 2.24) is 29.8 Å². The highest BCUT2D eigenvalue weighted by Gasteiger charge is 2.19. The lowest BCUT2D eigenvalue weighted by molar-refractivity contribution is 0.0342. The number of carbonyl (C=O) groups excluding carboxylic acids is 1. The third-order valence-electron chi connectivity index (χ3n) is 3.83. The van der Waals surface area contributed by atoms with Crippen LogP contribution in [0.2, 0.25) is 0 Å². The minimum atomic E-state index is -0.270. The lowest BCUT2D eigenvalue weighted by Gasteiger charge is -2.29. The normalized spacial score (nSPS) is 17.3. The summed E-state index contributed by atoms with van der Waals surface area (Å²) in [4.78, 5) is 23.1. The number of rotatable bonds is 4. The fourth-order valence-corrected chi connectivity index (χ4v) is 2.77. The number of hydrogen-bond acceptors (Lipinski definition) is 6. The molecule has 0 aromatic carbocycles. The Balaban J connectivity index is 1.66. The monoisotopic (exact) mass is 318 g/mol. The highest BCUT2D eigenvalue weighted by atomic mass is 16.5. The Morgan fingerprint density at radius 1 is 1.35 bits per heavy atom. The molecule has 0 spiro atoms. The standard InChI is InChI=1S/C15H22N6O2/c1-10-8-12(3)21-15(17-10)18-13(19-21)14(22)16-11(2)9-20-4-6-23-7-5-20/h8,11H,4-7,9H2,1-3H3,(H,16,22). The van der Waals surface area contributed by atoms with Gasteiger partial charge < -0.3 is 10.1 Å². The van der Waals surface area contributed by atoms with Crippen LogP contribution in [0.5, 0.6) is 0 Å². The molecule has 1 aliphatic rings. The number of hydrogen-bond donors (Lipinski definition) is 1. The number of morpholine rings is 1. The van der Waals surface area contributed by atoms with Crippen LogP contribution in [0.4, 0.5) is 0 Å². The van der Waals surface area contributed by atoms with Crippen molar-refractivity contribution < 1.29 is 9.53 Å². The van der Waals surface area contributed by atoms with Crippen molar-refractivity contribution in [1.29, 1.82) is 0 Å². The van der Waals surface area contributed by atoms with Crippen LogP contribution in [0, 0.1) is 13.8 Å². The predicted octanol–water partition coefficient (Wildman–Crippen LogP) is 0.192. The highest BCUT2D eigenvalue weighted by Crippen LogP contribution is 2.06. The van der Waals surface area contributed by atoms with Crippen LogP contribution in [-0.4, -0.2) is 69.3 Å². The van der Waals surface area contributed by atoms with E-state index in [9.17, 15) is 4.79 Å². The molecule has 23 heavy (non-hydrogen) atoms. The van der Waals surface area contributed by atoms with Gasteiger partial charge in [0.15, 0.2) is 0 Å². The minimum absolute atomic E-state index is 0.0167. The van der Waals surface area contributed by atoms with Crippen LogP contribution in [0.1, 0.15) is 28.9 Å². The van der Waals surface area contributed by atoms with Crippen molar-refractivity contribution in [3.05, 3.63) is 23.3 Å². The van der Waals surface area contributed by atoms with Crippen molar-refractivity contribution in [3.8, 4) is 0 Å². The number of fused-ring (bicyclic) bond motifs is 1. The van der Waals surface area contributed by atoms with Gasteiger partial charge in [-0.2, -0.15) is 4.98 Å². The van der Waals surface area contributed by atoms with Crippen LogP contribution in [-0.2, 0) is 4.74 Å². The molecular formula is C15H22N6O2. The Morgan fingerprint density at radius 2 is 2.09 bits per heavy atom. The molecular weight excluding hydrogens is 296 g/mol. The smallest absolute Gasteiger partial charge is 0.291 e. The molecule has 0 aliphatic carbocycles. The first kappa shape index (κ1) is 15.8.